The molecule has 1 unspecified atom stereocenters. The summed E-state index contributed by atoms with van der Waals surface area (Å²) in [6, 6.07) is 9.33. The second-order valence-corrected chi connectivity index (χ2v) is 9.98. The highest BCUT2D eigenvalue weighted by molar-refractivity contribution is 6.30. The molecule has 9 nitrogen and oxygen atoms in total. The summed E-state index contributed by atoms with van der Waals surface area (Å²) >= 11 is 5.92. The van der Waals surface area contributed by atoms with E-state index in [0.717, 1.165) is 11.4 Å². The van der Waals surface area contributed by atoms with Crippen molar-refractivity contribution in [3.05, 3.63) is 47.1 Å². The number of ether oxygens (including phenoxy) is 2. The lowest BCUT2D eigenvalue weighted by molar-refractivity contribution is -0.141. The van der Waals surface area contributed by atoms with Gasteiger partial charge in [-0.3, -0.25) is 4.79 Å². The summed E-state index contributed by atoms with van der Waals surface area (Å²) in [6.07, 6.45) is -0.624. The highest BCUT2D eigenvalue weighted by Crippen LogP contribution is 2.47. The average Bonchev–Trinajstić information content (AvgIpc) is 3.19. The zero-order valence-electron chi connectivity index (χ0n) is 20.1. The van der Waals surface area contributed by atoms with Crippen LogP contribution < -0.4 is 14.4 Å². The molecule has 0 radical (unpaired) electrons. The van der Waals surface area contributed by atoms with E-state index in [0.29, 0.717) is 36.2 Å². The predicted molar refractivity (Wildman–Crippen MR) is 131 cm³/mol. The summed E-state index contributed by atoms with van der Waals surface area (Å²) in [7, 11) is 1.58. The first-order chi connectivity index (χ1) is 16.7. The Morgan fingerprint density at radius 1 is 1.23 bits per heavy atom. The van der Waals surface area contributed by atoms with Crippen LogP contribution in [0.15, 0.2) is 36.5 Å². The number of hydrogen-bond acceptors (Lipinski definition) is 8. The maximum absolute atomic E-state index is 12.6. The Morgan fingerprint density at radius 3 is 2.57 bits per heavy atom. The lowest BCUT2D eigenvalue weighted by Gasteiger charge is -2.40. The zero-order chi connectivity index (χ0) is 25.3. The van der Waals surface area contributed by atoms with E-state index in [1.165, 1.54) is 4.90 Å². The van der Waals surface area contributed by atoms with Crippen LogP contribution in [0, 0.1) is 5.41 Å². The number of carbonyl (C=O) groups excluding carboxylic acids is 1. The molecule has 2 aliphatic rings. The first-order valence-electron chi connectivity index (χ1n) is 11.6. The van der Waals surface area contributed by atoms with Gasteiger partial charge < -0.3 is 34.6 Å². The SMILES string of the molecule is COc1ccc([C@@H]2CN(C(=O)C(O)CO)C[C@@]2(C)[C@@H](C)O)cc1OC1CN(c2ccc(Cl)cn2)C1. The second-order valence-electron chi connectivity index (χ2n) is 9.54. The first-order valence-corrected chi connectivity index (χ1v) is 12.0. The topological polar surface area (TPSA) is 116 Å². The molecule has 35 heavy (non-hydrogen) atoms. The van der Waals surface area contributed by atoms with Gasteiger partial charge in [0, 0.05) is 30.6 Å². The number of rotatable bonds is 8. The van der Waals surface area contributed by atoms with E-state index in [-0.39, 0.29) is 18.6 Å². The van der Waals surface area contributed by atoms with Crippen LogP contribution in [-0.2, 0) is 4.79 Å². The van der Waals surface area contributed by atoms with E-state index >= 15 is 0 Å². The lowest BCUT2D eigenvalue weighted by atomic mass is 9.72. The van der Waals surface area contributed by atoms with Gasteiger partial charge in [0.2, 0.25) is 0 Å². The van der Waals surface area contributed by atoms with Crippen LogP contribution in [-0.4, -0.2) is 89.3 Å². The number of pyridine rings is 1. The van der Waals surface area contributed by atoms with Gasteiger partial charge in [0.15, 0.2) is 17.6 Å². The Kier molecular flexibility index (Phi) is 7.42. The minimum Gasteiger partial charge on any atom is -0.493 e. The van der Waals surface area contributed by atoms with Crippen LogP contribution in [0.2, 0.25) is 5.02 Å². The van der Waals surface area contributed by atoms with Gasteiger partial charge in [0.25, 0.3) is 5.91 Å². The molecule has 3 N–H and O–H groups in total. The number of carbonyl (C=O) groups is 1. The van der Waals surface area contributed by atoms with E-state index < -0.39 is 30.1 Å². The molecule has 4 rings (SSSR count). The van der Waals surface area contributed by atoms with Crippen LogP contribution >= 0.6 is 11.6 Å². The molecule has 0 bridgehead atoms. The number of methoxy groups -OCH3 is 1. The molecular weight excluding hydrogens is 474 g/mol. The van der Waals surface area contributed by atoms with Gasteiger partial charge >= 0.3 is 0 Å². The molecular formula is C25H32ClN3O6. The molecule has 190 valence electrons. The molecule has 0 aliphatic carbocycles. The Bertz CT molecular complexity index is 1050. The summed E-state index contributed by atoms with van der Waals surface area (Å²) in [6.45, 7) is 4.89. The van der Waals surface area contributed by atoms with E-state index in [1.807, 2.05) is 31.2 Å². The molecule has 10 heteroatoms. The van der Waals surface area contributed by atoms with E-state index in [9.17, 15) is 20.1 Å². The summed E-state index contributed by atoms with van der Waals surface area (Å²) in [5, 5.41) is 30.3. The number of halogens is 1. The largest absolute Gasteiger partial charge is 0.493 e. The second kappa shape index (κ2) is 10.2. The Morgan fingerprint density at radius 2 is 1.97 bits per heavy atom. The number of aliphatic hydroxyl groups is 3. The quantitative estimate of drug-likeness (QED) is 0.496. The highest BCUT2D eigenvalue weighted by atomic mass is 35.5. The summed E-state index contributed by atoms with van der Waals surface area (Å²) in [4.78, 5) is 20.5. The Balaban J connectivity index is 1.52. The highest BCUT2D eigenvalue weighted by Gasteiger charge is 2.49. The Labute approximate surface area is 209 Å². The number of aliphatic hydroxyl groups excluding tert-OH is 3. The standard InChI is InChI=1S/C25H32ClN3O6/c1-15(31)25(2)14-29(24(33)20(32)13-30)12-19(25)16-4-6-21(34-3)22(8-16)35-18-10-28(11-18)23-7-5-17(26)9-27-23/h4-9,15,18-20,30-32H,10-14H2,1-3H3/t15-,19+,20?,25+/m1/s1. The molecule has 2 saturated heterocycles. The number of aromatic nitrogens is 1. The van der Waals surface area contributed by atoms with Crippen LogP contribution in [0.25, 0.3) is 0 Å². The van der Waals surface area contributed by atoms with Gasteiger partial charge in [-0.05, 0) is 36.8 Å². The number of anilines is 1. The van der Waals surface area contributed by atoms with Crippen molar-refractivity contribution in [2.24, 2.45) is 5.41 Å². The van der Waals surface area contributed by atoms with Gasteiger partial charge in [-0.2, -0.15) is 0 Å². The Hall–Kier alpha value is -2.59. The van der Waals surface area contributed by atoms with Gasteiger partial charge in [0.05, 0.1) is 37.9 Å². The molecule has 1 aromatic carbocycles. The normalized spacial score (nSPS) is 24.1. The van der Waals surface area contributed by atoms with Crippen molar-refractivity contribution in [2.45, 2.75) is 38.1 Å². The van der Waals surface area contributed by atoms with Gasteiger partial charge in [-0.1, -0.05) is 24.6 Å². The molecule has 1 aromatic heterocycles. The van der Waals surface area contributed by atoms with Crippen LogP contribution in [0.3, 0.4) is 0 Å². The third kappa shape index (κ3) is 5.04. The van der Waals surface area contributed by atoms with Crippen LogP contribution in [0.1, 0.15) is 25.3 Å². The molecule has 2 aliphatic heterocycles. The number of amides is 1. The minimum absolute atomic E-state index is 0.0545. The van der Waals surface area contributed by atoms with Crippen molar-refractivity contribution >= 4 is 23.3 Å². The monoisotopic (exact) mass is 505 g/mol. The fourth-order valence-electron chi connectivity index (χ4n) is 4.82. The molecule has 0 spiro atoms. The third-order valence-electron chi connectivity index (χ3n) is 7.22. The van der Waals surface area contributed by atoms with E-state index in [4.69, 9.17) is 21.1 Å². The van der Waals surface area contributed by atoms with Crippen molar-refractivity contribution in [1.29, 1.82) is 0 Å². The van der Waals surface area contributed by atoms with Crippen molar-refractivity contribution in [2.75, 3.05) is 44.8 Å². The first kappa shape index (κ1) is 25.5. The summed E-state index contributed by atoms with van der Waals surface area (Å²) in [5.41, 5.74) is 0.248. The van der Waals surface area contributed by atoms with Crippen LogP contribution in [0.5, 0.6) is 11.5 Å². The number of nitrogens with zero attached hydrogens (tertiary/aromatic N) is 3. The van der Waals surface area contributed by atoms with Gasteiger partial charge in [-0.15, -0.1) is 0 Å². The average molecular weight is 506 g/mol. The number of likely N-dealkylation sites (tertiary alicyclic amines) is 1. The van der Waals surface area contributed by atoms with Crippen molar-refractivity contribution in [1.82, 2.24) is 9.88 Å². The molecule has 4 atom stereocenters. The lowest BCUT2D eigenvalue weighted by Crippen LogP contribution is -2.54. The van der Waals surface area contributed by atoms with Crippen molar-refractivity contribution in [3.63, 3.8) is 0 Å². The molecule has 2 fully saturated rings. The van der Waals surface area contributed by atoms with Crippen molar-refractivity contribution < 1.29 is 29.6 Å². The van der Waals surface area contributed by atoms with E-state index in [2.05, 4.69) is 9.88 Å². The zero-order valence-corrected chi connectivity index (χ0v) is 20.9. The number of hydrogen-bond donors (Lipinski definition) is 3. The maximum atomic E-state index is 12.6. The molecule has 3 heterocycles. The van der Waals surface area contributed by atoms with Crippen molar-refractivity contribution in [3.8, 4) is 11.5 Å². The molecule has 0 saturated carbocycles. The fourth-order valence-corrected chi connectivity index (χ4v) is 4.93. The molecule has 1 amide bonds. The van der Waals surface area contributed by atoms with Gasteiger partial charge in [0.1, 0.15) is 11.9 Å². The third-order valence-corrected chi connectivity index (χ3v) is 7.45. The summed E-state index contributed by atoms with van der Waals surface area (Å²) in [5.74, 6) is 1.27. The fraction of sp³-hybridized carbons (Fsp3) is 0.520. The molecule has 2 aromatic rings. The minimum atomic E-state index is -1.47. The van der Waals surface area contributed by atoms with Crippen LogP contribution in [0.4, 0.5) is 5.82 Å². The van der Waals surface area contributed by atoms with E-state index in [1.54, 1.807) is 26.3 Å². The maximum Gasteiger partial charge on any atom is 0.253 e. The smallest absolute Gasteiger partial charge is 0.253 e. The number of benzene rings is 1. The predicted octanol–water partition coefficient (Wildman–Crippen LogP) is 1.68. The summed E-state index contributed by atoms with van der Waals surface area (Å²) < 4.78 is 11.8. The van der Waals surface area contributed by atoms with Gasteiger partial charge in [-0.25, -0.2) is 4.98 Å².